The predicted molar refractivity (Wildman–Crippen MR) is 93.4 cm³/mol. The zero-order valence-electron chi connectivity index (χ0n) is 12.7. The van der Waals surface area contributed by atoms with E-state index in [0.29, 0.717) is 22.5 Å². The number of benzene rings is 1. The van der Waals surface area contributed by atoms with E-state index in [-0.39, 0.29) is 5.56 Å². The van der Waals surface area contributed by atoms with E-state index < -0.39 is 0 Å². The van der Waals surface area contributed by atoms with Gasteiger partial charge in [-0.15, -0.1) is 0 Å². The fraction of sp³-hybridized carbons (Fsp3) is 0.222. The number of aromatic nitrogens is 2. The van der Waals surface area contributed by atoms with Gasteiger partial charge in [0.15, 0.2) is 0 Å². The van der Waals surface area contributed by atoms with Crippen LogP contribution in [0.4, 0.5) is 5.95 Å². The molecule has 4 nitrogen and oxygen atoms in total. The van der Waals surface area contributed by atoms with Gasteiger partial charge in [0, 0.05) is 23.8 Å². The summed E-state index contributed by atoms with van der Waals surface area (Å²) in [6.45, 7) is 0. The molecule has 3 aromatic rings. The van der Waals surface area contributed by atoms with E-state index in [9.17, 15) is 4.79 Å². The molecule has 2 aromatic heterocycles. The number of rotatable bonds is 3. The Kier molecular flexibility index (Phi) is 3.34. The minimum atomic E-state index is -0.268. The maximum Gasteiger partial charge on any atom is 0.283 e. The van der Waals surface area contributed by atoms with Gasteiger partial charge >= 0.3 is 0 Å². The van der Waals surface area contributed by atoms with E-state index in [2.05, 4.69) is 22.4 Å². The average Bonchev–Trinajstić information content (AvgIpc) is 3.40. The molecule has 5 heteroatoms. The Balaban J connectivity index is 2.09. The monoisotopic (exact) mass is 325 g/mol. The molecule has 1 saturated carbocycles. The summed E-state index contributed by atoms with van der Waals surface area (Å²) in [7, 11) is 1.76. The third-order valence-electron chi connectivity index (χ3n) is 4.30. The molecule has 1 N–H and O–H groups in total. The lowest BCUT2D eigenvalue weighted by molar-refractivity contribution is 1.03. The number of hydrogen-bond acceptors (Lipinski definition) is 3. The highest BCUT2D eigenvalue weighted by molar-refractivity contribution is 6.33. The predicted octanol–water partition coefficient (Wildman–Crippen LogP) is 3.93. The molecule has 0 saturated heterocycles. The lowest BCUT2D eigenvalue weighted by Crippen LogP contribution is -2.17. The van der Waals surface area contributed by atoms with Crippen LogP contribution in [0.2, 0.25) is 5.02 Å². The van der Waals surface area contributed by atoms with Gasteiger partial charge in [0.2, 0.25) is 5.95 Å². The summed E-state index contributed by atoms with van der Waals surface area (Å²) in [5, 5.41) is 3.54. The van der Waals surface area contributed by atoms with Crippen molar-refractivity contribution >= 4 is 23.1 Å². The second kappa shape index (κ2) is 5.39. The summed E-state index contributed by atoms with van der Waals surface area (Å²) >= 11 is 6.33. The summed E-state index contributed by atoms with van der Waals surface area (Å²) in [4.78, 5) is 16.8. The summed E-state index contributed by atoms with van der Waals surface area (Å²) < 4.78 is 1.91. The van der Waals surface area contributed by atoms with Crippen molar-refractivity contribution in [2.24, 2.45) is 0 Å². The maximum absolute atomic E-state index is 12.6. The number of anilines is 1. The van der Waals surface area contributed by atoms with Gasteiger partial charge in [-0.05, 0) is 42.5 Å². The first-order chi connectivity index (χ1) is 11.2. The summed E-state index contributed by atoms with van der Waals surface area (Å²) in [5.74, 6) is 1.14. The zero-order chi connectivity index (χ0) is 16.0. The third kappa shape index (κ3) is 2.39. The molecule has 2 heterocycles. The fourth-order valence-electron chi connectivity index (χ4n) is 2.97. The SMILES string of the molecule is CNc1nc(=O)c(-c2ccccc2Cl)c2cc(C3CC3)ccn12. The van der Waals surface area contributed by atoms with Crippen molar-refractivity contribution in [2.45, 2.75) is 18.8 Å². The molecule has 0 aliphatic heterocycles. The van der Waals surface area contributed by atoms with Gasteiger partial charge in [0.05, 0.1) is 11.1 Å². The normalized spacial score (nSPS) is 14.2. The largest absolute Gasteiger partial charge is 0.358 e. The van der Waals surface area contributed by atoms with Crippen LogP contribution in [0.5, 0.6) is 0 Å². The average molecular weight is 326 g/mol. The maximum atomic E-state index is 12.6. The molecule has 1 aliphatic carbocycles. The van der Waals surface area contributed by atoms with Crippen LogP contribution in [-0.2, 0) is 0 Å². The van der Waals surface area contributed by atoms with E-state index in [1.807, 2.05) is 28.8 Å². The molecule has 116 valence electrons. The minimum Gasteiger partial charge on any atom is -0.358 e. The molecule has 0 spiro atoms. The Morgan fingerprint density at radius 2 is 2.04 bits per heavy atom. The molecule has 0 amide bonds. The molecular weight excluding hydrogens is 310 g/mol. The number of fused-ring (bicyclic) bond motifs is 1. The molecule has 0 radical (unpaired) electrons. The Hall–Kier alpha value is -2.33. The number of nitrogens with zero attached hydrogens (tertiary/aromatic N) is 2. The van der Waals surface area contributed by atoms with Crippen molar-refractivity contribution in [3.8, 4) is 11.1 Å². The standard InChI is InChI=1S/C18H16ClN3O/c1-20-18-21-17(23)16(13-4-2-3-5-14(13)19)15-10-12(11-6-7-11)8-9-22(15)18/h2-5,8-11H,6-7H2,1H3,(H,20,21,23). The van der Waals surface area contributed by atoms with Gasteiger partial charge in [-0.2, -0.15) is 4.98 Å². The first-order valence-electron chi connectivity index (χ1n) is 7.68. The highest BCUT2D eigenvalue weighted by Gasteiger charge is 2.25. The molecule has 4 rings (SSSR count). The van der Waals surface area contributed by atoms with E-state index in [1.54, 1.807) is 13.1 Å². The van der Waals surface area contributed by atoms with Crippen molar-refractivity contribution < 1.29 is 0 Å². The molecule has 1 fully saturated rings. The molecule has 23 heavy (non-hydrogen) atoms. The summed E-state index contributed by atoms with van der Waals surface area (Å²) in [6.07, 6.45) is 4.40. The van der Waals surface area contributed by atoms with Crippen LogP contribution in [0.3, 0.4) is 0 Å². The Morgan fingerprint density at radius 1 is 1.26 bits per heavy atom. The number of pyridine rings is 1. The van der Waals surface area contributed by atoms with Gasteiger partial charge in [0.1, 0.15) is 0 Å². The summed E-state index contributed by atoms with van der Waals surface area (Å²) in [6, 6.07) is 11.6. The number of hydrogen-bond donors (Lipinski definition) is 1. The van der Waals surface area contributed by atoms with Crippen molar-refractivity contribution in [1.29, 1.82) is 0 Å². The summed E-state index contributed by atoms with van der Waals surface area (Å²) in [5.41, 5.74) is 3.12. The molecule has 1 aliphatic rings. The number of halogens is 1. The molecule has 1 aromatic carbocycles. The second-order valence-electron chi connectivity index (χ2n) is 5.84. The van der Waals surface area contributed by atoms with Crippen LogP contribution in [0.25, 0.3) is 16.6 Å². The molecular formula is C18H16ClN3O. The van der Waals surface area contributed by atoms with Crippen molar-refractivity contribution in [2.75, 3.05) is 12.4 Å². The molecule has 0 atom stereocenters. The Labute approximate surface area is 138 Å². The van der Waals surface area contributed by atoms with E-state index in [1.165, 1.54) is 18.4 Å². The first kappa shape index (κ1) is 14.3. The van der Waals surface area contributed by atoms with E-state index >= 15 is 0 Å². The van der Waals surface area contributed by atoms with Crippen molar-refractivity contribution in [1.82, 2.24) is 9.38 Å². The van der Waals surface area contributed by atoms with Crippen LogP contribution in [0, 0.1) is 0 Å². The third-order valence-corrected chi connectivity index (χ3v) is 4.63. The van der Waals surface area contributed by atoms with Gasteiger partial charge in [0.25, 0.3) is 5.56 Å². The van der Waals surface area contributed by atoms with Crippen molar-refractivity contribution in [3.63, 3.8) is 0 Å². The molecule has 0 bridgehead atoms. The quantitative estimate of drug-likeness (QED) is 0.793. The number of nitrogens with one attached hydrogen (secondary N) is 1. The smallest absolute Gasteiger partial charge is 0.283 e. The van der Waals surface area contributed by atoms with Crippen LogP contribution in [0.1, 0.15) is 24.3 Å². The fourth-order valence-corrected chi connectivity index (χ4v) is 3.20. The van der Waals surface area contributed by atoms with Crippen LogP contribution < -0.4 is 10.9 Å². The van der Waals surface area contributed by atoms with E-state index in [0.717, 1.165) is 11.1 Å². The van der Waals surface area contributed by atoms with Crippen LogP contribution >= 0.6 is 11.6 Å². The van der Waals surface area contributed by atoms with Gasteiger partial charge in [-0.25, -0.2) is 0 Å². The van der Waals surface area contributed by atoms with Gasteiger partial charge < -0.3 is 5.32 Å². The molecule has 0 unspecified atom stereocenters. The van der Waals surface area contributed by atoms with E-state index in [4.69, 9.17) is 11.6 Å². The zero-order valence-corrected chi connectivity index (χ0v) is 13.5. The lowest BCUT2D eigenvalue weighted by Gasteiger charge is -2.13. The highest BCUT2D eigenvalue weighted by atomic mass is 35.5. The minimum absolute atomic E-state index is 0.268. The van der Waals surface area contributed by atoms with Gasteiger partial charge in [-0.3, -0.25) is 9.20 Å². The highest BCUT2D eigenvalue weighted by Crippen LogP contribution is 2.41. The lowest BCUT2D eigenvalue weighted by atomic mass is 10.0. The topological polar surface area (TPSA) is 46.4 Å². The van der Waals surface area contributed by atoms with Gasteiger partial charge in [-0.1, -0.05) is 29.8 Å². The van der Waals surface area contributed by atoms with Crippen molar-refractivity contribution in [3.05, 3.63) is 63.5 Å². The van der Waals surface area contributed by atoms with Crippen LogP contribution in [-0.4, -0.2) is 16.4 Å². The Bertz CT molecular complexity index is 960. The first-order valence-corrected chi connectivity index (χ1v) is 8.06. The van der Waals surface area contributed by atoms with Crippen LogP contribution in [0.15, 0.2) is 47.4 Å². The second-order valence-corrected chi connectivity index (χ2v) is 6.24. The Morgan fingerprint density at radius 3 is 2.74 bits per heavy atom.